The van der Waals surface area contributed by atoms with E-state index < -0.39 is 16.4 Å². The summed E-state index contributed by atoms with van der Waals surface area (Å²) in [6, 6.07) is 19.6. The Balaban J connectivity index is 1.20. The van der Waals surface area contributed by atoms with Crippen LogP contribution in [-0.4, -0.2) is 51.7 Å². The highest BCUT2D eigenvalue weighted by Crippen LogP contribution is 2.78. The molecule has 7 heteroatoms. The second kappa shape index (κ2) is 11.1. The zero-order chi connectivity index (χ0) is 33.5. The molecule has 3 saturated carbocycles. The lowest BCUT2D eigenvalue weighted by Gasteiger charge is -2.71. The first kappa shape index (κ1) is 32.0. The molecule has 0 aliphatic heterocycles. The lowest BCUT2D eigenvalue weighted by Crippen LogP contribution is -2.67. The summed E-state index contributed by atoms with van der Waals surface area (Å²) in [6.07, 6.45) is 12.9. The number of carbonyl (C=O) groups is 2. The van der Waals surface area contributed by atoms with Gasteiger partial charge in [0.25, 0.3) is 0 Å². The molecule has 2 amide bonds. The number of hydrogen-bond acceptors (Lipinski definition) is 5. The number of thiophene rings is 1. The SMILES string of the molecule is CCCN(C[C@]1(O)CC[C@H]2[C@]34C=C[C@@]5(C=C3C(=O)c3cc6ccccc6s3)CC(O)CC[C@]5(C)[C@H]4CC[C@@]21C)C(=O)Nc1ccccc1. The van der Waals surface area contributed by atoms with Gasteiger partial charge in [0.15, 0.2) is 5.78 Å². The number of aliphatic hydroxyl groups is 2. The molecule has 6 aliphatic rings. The highest BCUT2D eigenvalue weighted by Gasteiger charge is 2.74. The third-order valence-corrected chi connectivity index (χ3v) is 15.0. The largest absolute Gasteiger partial charge is 0.393 e. The third-order valence-electron chi connectivity index (χ3n) is 13.9. The van der Waals surface area contributed by atoms with Crippen LogP contribution in [0.1, 0.15) is 81.8 Å². The van der Waals surface area contributed by atoms with E-state index in [1.807, 2.05) is 48.5 Å². The lowest BCUT2D eigenvalue weighted by molar-refractivity contribution is -0.174. The van der Waals surface area contributed by atoms with Crippen LogP contribution >= 0.6 is 11.3 Å². The first-order valence-corrected chi connectivity index (χ1v) is 18.8. The molecule has 2 aromatic carbocycles. The summed E-state index contributed by atoms with van der Waals surface area (Å²) in [6.45, 7) is 7.53. The minimum absolute atomic E-state index is 0.0391. The molecule has 252 valence electrons. The molecule has 0 saturated heterocycles. The molecular weight excluding hydrogens is 617 g/mol. The number of anilines is 1. The highest BCUT2D eigenvalue weighted by molar-refractivity contribution is 7.21. The molecule has 1 aromatic heterocycles. The van der Waals surface area contributed by atoms with Crippen molar-refractivity contribution in [2.45, 2.75) is 83.8 Å². The van der Waals surface area contributed by atoms with Crippen molar-refractivity contribution < 1.29 is 19.8 Å². The number of nitrogens with one attached hydrogen (secondary N) is 1. The molecule has 3 fully saturated rings. The van der Waals surface area contributed by atoms with Crippen molar-refractivity contribution in [2.75, 3.05) is 18.4 Å². The van der Waals surface area contributed by atoms with E-state index >= 15 is 0 Å². The Morgan fingerprint density at radius 2 is 1.65 bits per heavy atom. The van der Waals surface area contributed by atoms with E-state index in [2.05, 4.69) is 56.4 Å². The van der Waals surface area contributed by atoms with Crippen LogP contribution in [0.15, 0.2) is 84.5 Å². The second-order valence-electron chi connectivity index (χ2n) is 16.0. The molecule has 2 spiro atoms. The summed E-state index contributed by atoms with van der Waals surface area (Å²) in [4.78, 5) is 31.2. The van der Waals surface area contributed by atoms with Gasteiger partial charge in [-0.2, -0.15) is 0 Å². The van der Waals surface area contributed by atoms with Gasteiger partial charge in [-0.3, -0.25) is 4.79 Å². The number of benzene rings is 2. The average Bonchev–Trinajstić information content (AvgIpc) is 3.63. The molecule has 3 aromatic rings. The standard InChI is InChI=1S/C41H48N2O4S/c1-4-22-43(36(46)42-28-11-6-5-7-12-28)26-40(47)19-16-34-38(40,3)18-15-33-37(2)17-14-29(44)24-39(37)20-21-41(33,34)30(25-39)35(45)32-23-27-10-8-9-13-31(27)48-32/h5-13,20-21,23,25,29,33-34,44,47H,4,14-19,22,24,26H2,1-3H3,(H,42,46)/t29?,33-,34-,37-,38+,39+,40-,41-/m1/s1. The van der Waals surface area contributed by atoms with Crippen molar-refractivity contribution in [1.29, 1.82) is 0 Å². The van der Waals surface area contributed by atoms with E-state index in [0.717, 1.165) is 64.7 Å². The van der Waals surface area contributed by atoms with Crippen LogP contribution in [0.3, 0.4) is 0 Å². The van der Waals surface area contributed by atoms with E-state index in [4.69, 9.17) is 0 Å². The van der Waals surface area contributed by atoms with E-state index in [1.165, 1.54) is 0 Å². The molecule has 48 heavy (non-hydrogen) atoms. The summed E-state index contributed by atoms with van der Waals surface area (Å²) >= 11 is 1.57. The van der Waals surface area contributed by atoms with E-state index in [1.54, 1.807) is 16.2 Å². The Morgan fingerprint density at radius 1 is 0.938 bits per heavy atom. The van der Waals surface area contributed by atoms with Crippen LogP contribution in [0.4, 0.5) is 10.5 Å². The van der Waals surface area contributed by atoms with E-state index in [-0.39, 0.29) is 47.1 Å². The fourth-order valence-corrected chi connectivity index (χ4v) is 12.4. The first-order valence-electron chi connectivity index (χ1n) is 18.0. The van der Waals surface area contributed by atoms with Gasteiger partial charge in [0, 0.05) is 38.8 Å². The van der Waals surface area contributed by atoms with Crippen LogP contribution in [0.5, 0.6) is 0 Å². The predicted molar refractivity (Wildman–Crippen MR) is 192 cm³/mol. The zero-order valence-electron chi connectivity index (χ0n) is 28.4. The number of nitrogens with zero attached hydrogens (tertiary/aromatic N) is 1. The topological polar surface area (TPSA) is 89.9 Å². The zero-order valence-corrected chi connectivity index (χ0v) is 29.2. The summed E-state index contributed by atoms with van der Waals surface area (Å²) in [7, 11) is 0. The number of amides is 2. The maximum Gasteiger partial charge on any atom is 0.321 e. The van der Waals surface area contributed by atoms with Gasteiger partial charge in [0.1, 0.15) is 0 Å². The maximum absolute atomic E-state index is 15.0. The molecule has 6 aliphatic carbocycles. The smallest absolute Gasteiger partial charge is 0.321 e. The number of carbonyl (C=O) groups excluding carboxylic acids is 2. The summed E-state index contributed by atoms with van der Waals surface area (Å²) in [5.74, 6) is 0.369. The number of allylic oxidation sites excluding steroid dienone is 4. The quantitative estimate of drug-likeness (QED) is 0.174. The van der Waals surface area contributed by atoms with Gasteiger partial charge in [-0.1, -0.05) is 75.4 Å². The molecule has 8 atom stereocenters. The van der Waals surface area contributed by atoms with Gasteiger partial charge in [0.2, 0.25) is 0 Å². The number of rotatable bonds is 7. The maximum atomic E-state index is 15.0. The highest BCUT2D eigenvalue weighted by atomic mass is 32.1. The number of Topliss-reactive ketones (excluding diaryl/α,β-unsaturated/α-hetero) is 1. The number of urea groups is 1. The Labute approximate surface area is 287 Å². The number of para-hydroxylation sites is 1. The molecular formula is C41H48N2O4S. The van der Waals surface area contributed by atoms with Crippen molar-refractivity contribution in [3.05, 3.63) is 89.3 Å². The second-order valence-corrected chi connectivity index (χ2v) is 17.1. The fraction of sp³-hybridized carbons (Fsp3) is 0.512. The minimum atomic E-state index is -1.10. The van der Waals surface area contributed by atoms with Crippen molar-refractivity contribution in [1.82, 2.24) is 4.90 Å². The van der Waals surface area contributed by atoms with E-state index in [0.29, 0.717) is 19.4 Å². The van der Waals surface area contributed by atoms with Crippen LogP contribution in [-0.2, 0) is 0 Å². The Bertz CT molecular complexity index is 1800. The lowest BCUT2D eigenvalue weighted by atomic mass is 9.32. The van der Waals surface area contributed by atoms with Crippen molar-refractivity contribution >= 4 is 38.9 Å². The molecule has 1 unspecified atom stereocenters. The van der Waals surface area contributed by atoms with Gasteiger partial charge < -0.3 is 20.4 Å². The van der Waals surface area contributed by atoms with Gasteiger partial charge in [-0.25, -0.2) is 4.79 Å². The van der Waals surface area contributed by atoms with Crippen LogP contribution < -0.4 is 5.32 Å². The van der Waals surface area contributed by atoms with Crippen molar-refractivity contribution in [3.8, 4) is 0 Å². The van der Waals surface area contributed by atoms with Crippen molar-refractivity contribution in [3.63, 3.8) is 0 Å². The molecule has 1 heterocycles. The Hall–Kier alpha value is -3.26. The average molecular weight is 665 g/mol. The van der Waals surface area contributed by atoms with Gasteiger partial charge in [-0.15, -0.1) is 11.3 Å². The number of ketones is 1. The number of fused-ring (bicyclic) bond motifs is 2. The van der Waals surface area contributed by atoms with Crippen LogP contribution in [0.25, 0.3) is 10.1 Å². The van der Waals surface area contributed by atoms with Gasteiger partial charge >= 0.3 is 6.03 Å². The summed E-state index contributed by atoms with van der Waals surface area (Å²) in [5, 5.41) is 28.0. The Morgan fingerprint density at radius 3 is 2.42 bits per heavy atom. The molecule has 6 nitrogen and oxygen atoms in total. The van der Waals surface area contributed by atoms with Gasteiger partial charge in [0.05, 0.1) is 23.1 Å². The number of hydrogen-bond donors (Lipinski definition) is 3. The summed E-state index contributed by atoms with van der Waals surface area (Å²) in [5.41, 5.74) is -0.967. The predicted octanol–water partition coefficient (Wildman–Crippen LogP) is 8.62. The molecule has 0 radical (unpaired) electrons. The number of aliphatic hydroxyl groups excluding tert-OH is 1. The molecule has 2 bridgehead atoms. The molecule has 3 N–H and O–H groups in total. The third kappa shape index (κ3) is 4.36. The van der Waals surface area contributed by atoms with Crippen molar-refractivity contribution in [2.24, 2.45) is 33.5 Å². The Kier molecular flexibility index (Phi) is 7.41. The fourth-order valence-electron chi connectivity index (χ4n) is 11.4. The van der Waals surface area contributed by atoms with Crippen LogP contribution in [0.2, 0.25) is 0 Å². The van der Waals surface area contributed by atoms with E-state index in [9.17, 15) is 19.8 Å². The van der Waals surface area contributed by atoms with Gasteiger partial charge in [-0.05, 0) is 98.3 Å². The monoisotopic (exact) mass is 664 g/mol. The normalized spacial score (nSPS) is 37.8. The first-order chi connectivity index (χ1) is 23.0. The molecule has 9 rings (SSSR count). The summed E-state index contributed by atoms with van der Waals surface area (Å²) < 4.78 is 1.11. The minimum Gasteiger partial charge on any atom is -0.393 e. The van der Waals surface area contributed by atoms with Crippen LogP contribution in [0, 0.1) is 33.5 Å².